The van der Waals surface area contributed by atoms with Crippen molar-refractivity contribution in [2.45, 2.75) is 38.6 Å². The molecule has 1 atom stereocenters. The maximum atomic E-state index is 14.0. The number of aryl methyl sites for hydroxylation is 1. The van der Waals surface area contributed by atoms with Gasteiger partial charge in [0.15, 0.2) is 0 Å². The quantitative estimate of drug-likeness (QED) is 0.833. The Kier molecular flexibility index (Phi) is 3.50. The van der Waals surface area contributed by atoms with Gasteiger partial charge in [0, 0.05) is 16.6 Å². The molecule has 0 bridgehead atoms. The van der Waals surface area contributed by atoms with Gasteiger partial charge in [-0.05, 0) is 37.3 Å². The van der Waals surface area contributed by atoms with Crippen LogP contribution in [0, 0.1) is 18.7 Å². The standard InChI is InChI=1S/C13H17ClFN/c1-8-6-7-10(14)11(12(8)15)13(16)9-4-2-3-5-9/h6-7,9,13H,2-5,16H2,1H3/t13-/m0/s1. The minimum Gasteiger partial charge on any atom is -0.324 e. The lowest BCUT2D eigenvalue weighted by atomic mass is 9.91. The largest absolute Gasteiger partial charge is 0.324 e. The molecule has 0 radical (unpaired) electrons. The third-order valence-corrected chi connectivity index (χ3v) is 3.89. The zero-order valence-electron chi connectivity index (χ0n) is 9.47. The average Bonchev–Trinajstić information content (AvgIpc) is 2.77. The van der Waals surface area contributed by atoms with Gasteiger partial charge in [-0.2, -0.15) is 0 Å². The molecule has 2 rings (SSSR count). The zero-order chi connectivity index (χ0) is 11.7. The molecule has 0 aliphatic heterocycles. The molecule has 0 aromatic heterocycles. The molecule has 1 aromatic carbocycles. The number of halogens is 2. The zero-order valence-corrected chi connectivity index (χ0v) is 10.2. The van der Waals surface area contributed by atoms with Gasteiger partial charge >= 0.3 is 0 Å². The molecule has 0 spiro atoms. The van der Waals surface area contributed by atoms with E-state index in [9.17, 15) is 4.39 Å². The fourth-order valence-electron chi connectivity index (χ4n) is 2.54. The van der Waals surface area contributed by atoms with Gasteiger partial charge in [-0.1, -0.05) is 30.5 Å². The van der Waals surface area contributed by atoms with Crippen LogP contribution >= 0.6 is 11.6 Å². The summed E-state index contributed by atoms with van der Waals surface area (Å²) in [6.07, 6.45) is 4.57. The number of hydrogen-bond donors (Lipinski definition) is 1. The molecule has 0 heterocycles. The molecule has 0 amide bonds. The molecule has 2 N–H and O–H groups in total. The van der Waals surface area contributed by atoms with E-state index >= 15 is 0 Å². The Bertz CT molecular complexity index is 386. The number of hydrogen-bond acceptors (Lipinski definition) is 1. The molecular weight excluding hydrogens is 225 g/mol. The maximum absolute atomic E-state index is 14.0. The first-order valence-electron chi connectivity index (χ1n) is 5.81. The van der Waals surface area contributed by atoms with E-state index in [1.54, 1.807) is 19.1 Å². The van der Waals surface area contributed by atoms with Gasteiger partial charge in [0.05, 0.1) is 0 Å². The molecule has 1 fully saturated rings. The van der Waals surface area contributed by atoms with Gasteiger partial charge in [-0.15, -0.1) is 0 Å². The minimum absolute atomic E-state index is 0.230. The third-order valence-electron chi connectivity index (χ3n) is 3.56. The van der Waals surface area contributed by atoms with E-state index in [0.29, 0.717) is 22.1 Å². The van der Waals surface area contributed by atoms with Crippen LogP contribution in [0.25, 0.3) is 0 Å². The van der Waals surface area contributed by atoms with Crippen molar-refractivity contribution in [1.82, 2.24) is 0 Å². The van der Waals surface area contributed by atoms with Crippen molar-refractivity contribution in [2.24, 2.45) is 11.7 Å². The SMILES string of the molecule is Cc1ccc(Cl)c([C@@H](N)C2CCCC2)c1F. The number of nitrogens with two attached hydrogens (primary N) is 1. The van der Waals surface area contributed by atoms with Gasteiger partial charge in [-0.3, -0.25) is 0 Å². The van der Waals surface area contributed by atoms with Gasteiger partial charge < -0.3 is 5.73 Å². The van der Waals surface area contributed by atoms with Crippen molar-refractivity contribution in [1.29, 1.82) is 0 Å². The van der Waals surface area contributed by atoms with Crippen molar-refractivity contribution in [3.63, 3.8) is 0 Å². The second-order valence-corrected chi connectivity index (χ2v) is 5.07. The molecule has 1 saturated carbocycles. The van der Waals surface area contributed by atoms with Crippen molar-refractivity contribution in [3.05, 3.63) is 34.1 Å². The monoisotopic (exact) mass is 241 g/mol. The number of benzene rings is 1. The van der Waals surface area contributed by atoms with Crippen LogP contribution in [-0.2, 0) is 0 Å². The van der Waals surface area contributed by atoms with E-state index in [-0.39, 0.29) is 11.9 Å². The molecule has 88 valence electrons. The Morgan fingerprint density at radius 2 is 2.00 bits per heavy atom. The Balaban J connectivity index is 2.34. The maximum Gasteiger partial charge on any atom is 0.132 e. The summed E-state index contributed by atoms with van der Waals surface area (Å²) in [7, 11) is 0. The van der Waals surface area contributed by atoms with E-state index in [0.717, 1.165) is 12.8 Å². The molecule has 1 nitrogen and oxygen atoms in total. The van der Waals surface area contributed by atoms with E-state index in [4.69, 9.17) is 17.3 Å². The summed E-state index contributed by atoms with van der Waals surface area (Å²) in [5.41, 5.74) is 7.27. The third kappa shape index (κ3) is 2.09. The fraction of sp³-hybridized carbons (Fsp3) is 0.538. The highest BCUT2D eigenvalue weighted by Gasteiger charge is 2.27. The lowest BCUT2D eigenvalue weighted by Gasteiger charge is -2.21. The highest BCUT2D eigenvalue weighted by Crippen LogP contribution is 2.38. The summed E-state index contributed by atoms with van der Waals surface area (Å²) in [5, 5.41) is 0.461. The highest BCUT2D eigenvalue weighted by atomic mass is 35.5. The first-order valence-corrected chi connectivity index (χ1v) is 6.19. The fourth-order valence-corrected chi connectivity index (χ4v) is 2.81. The molecular formula is C13H17ClFN. The molecule has 0 unspecified atom stereocenters. The van der Waals surface area contributed by atoms with Crippen molar-refractivity contribution in [3.8, 4) is 0 Å². The van der Waals surface area contributed by atoms with Crippen LogP contribution in [0.15, 0.2) is 12.1 Å². The van der Waals surface area contributed by atoms with E-state index in [2.05, 4.69) is 0 Å². The molecule has 3 heteroatoms. The first kappa shape index (κ1) is 11.9. The Morgan fingerprint density at radius 3 is 2.62 bits per heavy atom. The predicted molar refractivity (Wildman–Crippen MR) is 65.0 cm³/mol. The molecule has 16 heavy (non-hydrogen) atoms. The molecule has 0 saturated heterocycles. The van der Waals surface area contributed by atoms with Crippen LogP contribution in [0.1, 0.15) is 42.9 Å². The Morgan fingerprint density at radius 1 is 1.38 bits per heavy atom. The lowest BCUT2D eigenvalue weighted by molar-refractivity contribution is 0.428. The summed E-state index contributed by atoms with van der Waals surface area (Å²) in [5.74, 6) is 0.153. The average molecular weight is 242 g/mol. The van der Waals surface area contributed by atoms with E-state index < -0.39 is 0 Å². The van der Waals surface area contributed by atoms with Crippen molar-refractivity contribution >= 4 is 11.6 Å². The van der Waals surface area contributed by atoms with E-state index in [1.807, 2.05) is 0 Å². The van der Waals surface area contributed by atoms with E-state index in [1.165, 1.54) is 12.8 Å². The second-order valence-electron chi connectivity index (χ2n) is 4.66. The van der Waals surface area contributed by atoms with Crippen molar-refractivity contribution in [2.75, 3.05) is 0 Å². The predicted octanol–water partition coefficient (Wildman–Crippen LogP) is 3.98. The number of rotatable bonds is 2. The minimum atomic E-state index is -0.255. The summed E-state index contributed by atoms with van der Waals surface area (Å²) in [4.78, 5) is 0. The summed E-state index contributed by atoms with van der Waals surface area (Å²) in [6, 6.07) is 3.18. The van der Waals surface area contributed by atoms with Gasteiger partial charge in [0.1, 0.15) is 5.82 Å². The topological polar surface area (TPSA) is 26.0 Å². The van der Waals surface area contributed by atoms with Crippen LogP contribution in [0.5, 0.6) is 0 Å². The molecule has 1 aliphatic rings. The Labute approximate surface area is 101 Å². The highest BCUT2D eigenvalue weighted by molar-refractivity contribution is 6.31. The summed E-state index contributed by atoms with van der Waals surface area (Å²) in [6.45, 7) is 1.75. The van der Waals surface area contributed by atoms with Crippen molar-refractivity contribution < 1.29 is 4.39 Å². The van der Waals surface area contributed by atoms with Crippen LogP contribution in [0.4, 0.5) is 4.39 Å². The second kappa shape index (κ2) is 4.72. The van der Waals surface area contributed by atoms with Gasteiger partial charge in [0.2, 0.25) is 0 Å². The molecule has 1 aromatic rings. The van der Waals surface area contributed by atoms with Gasteiger partial charge in [0.25, 0.3) is 0 Å². The first-order chi connectivity index (χ1) is 7.61. The van der Waals surface area contributed by atoms with Crippen LogP contribution in [0.3, 0.4) is 0 Å². The Hall–Kier alpha value is -0.600. The van der Waals surface area contributed by atoms with Crippen LogP contribution in [-0.4, -0.2) is 0 Å². The molecule has 1 aliphatic carbocycles. The van der Waals surface area contributed by atoms with Crippen LogP contribution < -0.4 is 5.73 Å². The summed E-state index contributed by atoms with van der Waals surface area (Å²) >= 11 is 6.05. The summed E-state index contributed by atoms with van der Waals surface area (Å²) < 4.78 is 14.0. The lowest BCUT2D eigenvalue weighted by Crippen LogP contribution is -2.21. The van der Waals surface area contributed by atoms with Crippen LogP contribution in [0.2, 0.25) is 5.02 Å². The van der Waals surface area contributed by atoms with Gasteiger partial charge in [-0.25, -0.2) is 4.39 Å². The smallest absolute Gasteiger partial charge is 0.132 e. The normalized spacial score (nSPS) is 19.0.